The van der Waals surface area contributed by atoms with Gasteiger partial charge < -0.3 is 14.4 Å². The second kappa shape index (κ2) is 6.37. The van der Waals surface area contributed by atoms with E-state index in [1.165, 1.54) is 12.8 Å². The molecule has 0 aromatic carbocycles. The third-order valence-electron chi connectivity index (χ3n) is 3.99. The molecule has 3 heterocycles. The van der Waals surface area contributed by atoms with Gasteiger partial charge in [-0.25, -0.2) is 0 Å². The Labute approximate surface area is 119 Å². The van der Waals surface area contributed by atoms with Crippen LogP contribution in [0, 0.1) is 0 Å². The van der Waals surface area contributed by atoms with Crippen molar-refractivity contribution in [2.75, 3.05) is 51.3 Å². The summed E-state index contributed by atoms with van der Waals surface area (Å²) in [4.78, 5) is 13.4. The Balaban J connectivity index is 1.52. The Morgan fingerprint density at radius 2 is 2.15 bits per heavy atom. The zero-order chi connectivity index (χ0) is 13.8. The highest BCUT2D eigenvalue weighted by Gasteiger charge is 2.23. The van der Waals surface area contributed by atoms with E-state index in [1.807, 2.05) is 0 Å². The van der Waals surface area contributed by atoms with Gasteiger partial charge in [0, 0.05) is 39.3 Å². The number of hydrogen-bond donors (Lipinski definition) is 0. The van der Waals surface area contributed by atoms with Gasteiger partial charge in [0.05, 0.1) is 25.6 Å². The molecule has 2 aliphatic heterocycles. The third kappa shape index (κ3) is 3.19. The van der Waals surface area contributed by atoms with Crippen LogP contribution in [0.2, 0.25) is 0 Å². The lowest BCUT2D eigenvalue weighted by atomic mass is 10.2. The molecule has 2 saturated heterocycles. The summed E-state index contributed by atoms with van der Waals surface area (Å²) in [5.41, 5.74) is 0. The number of rotatable bonds is 4. The van der Waals surface area contributed by atoms with Crippen molar-refractivity contribution in [2.45, 2.75) is 18.9 Å². The number of aromatic nitrogens is 2. The van der Waals surface area contributed by atoms with Gasteiger partial charge in [0.1, 0.15) is 0 Å². The van der Waals surface area contributed by atoms with Gasteiger partial charge in [0.15, 0.2) is 5.82 Å². The summed E-state index contributed by atoms with van der Waals surface area (Å²) >= 11 is 0. The van der Waals surface area contributed by atoms with Crippen molar-refractivity contribution in [1.82, 2.24) is 14.9 Å². The van der Waals surface area contributed by atoms with Crippen LogP contribution in [-0.4, -0.2) is 67.4 Å². The Bertz CT molecular complexity index is 429. The predicted octanol–water partition coefficient (Wildman–Crippen LogP) is 0.786. The minimum absolute atomic E-state index is 0.443. The van der Waals surface area contributed by atoms with E-state index in [-0.39, 0.29) is 0 Å². The Morgan fingerprint density at radius 1 is 1.30 bits per heavy atom. The maximum Gasteiger partial charge on any atom is 0.233 e. The van der Waals surface area contributed by atoms with Crippen LogP contribution in [0.5, 0.6) is 5.88 Å². The first-order valence-electron chi connectivity index (χ1n) is 7.30. The fourth-order valence-corrected chi connectivity index (χ4v) is 2.82. The van der Waals surface area contributed by atoms with Crippen LogP contribution < -0.4 is 9.64 Å². The van der Waals surface area contributed by atoms with Crippen molar-refractivity contribution >= 4 is 5.82 Å². The van der Waals surface area contributed by atoms with Crippen LogP contribution in [0.25, 0.3) is 0 Å². The van der Waals surface area contributed by atoms with Crippen molar-refractivity contribution in [2.24, 2.45) is 0 Å². The zero-order valence-electron chi connectivity index (χ0n) is 12.0. The van der Waals surface area contributed by atoms with Gasteiger partial charge in [0.2, 0.25) is 5.88 Å². The smallest absolute Gasteiger partial charge is 0.233 e. The molecule has 3 rings (SSSR count). The van der Waals surface area contributed by atoms with Gasteiger partial charge in [-0.3, -0.25) is 9.88 Å². The normalized spacial score (nSPS) is 24.1. The maximum absolute atomic E-state index is 5.70. The summed E-state index contributed by atoms with van der Waals surface area (Å²) in [6.07, 6.45) is 6.30. The molecule has 0 amide bonds. The van der Waals surface area contributed by atoms with E-state index in [4.69, 9.17) is 9.47 Å². The fourth-order valence-electron chi connectivity index (χ4n) is 2.82. The number of ether oxygens (including phenoxy) is 2. The average Bonchev–Trinajstić information content (AvgIpc) is 3.01. The molecule has 20 heavy (non-hydrogen) atoms. The molecule has 0 aliphatic carbocycles. The molecule has 0 radical (unpaired) electrons. The Morgan fingerprint density at radius 3 is 2.85 bits per heavy atom. The number of nitrogens with zero attached hydrogens (tertiary/aromatic N) is 4. The molecule has 1 aromatic heterocycles. The summed E-state index contributed by atoms with van der Waals surface area (Å²) in [6.45, 7) is 6.07. The SMILES string of the molecule is COc1cncc(N2CCN(C[C@H]3CCCO3)CC2)n1. The lowest BCUT2D eigenvalue weighted by Crippen LogP contribution is -2.48. The highest BCUT2D eigenvalue weighted by molar-refractivity contribution is 5.38. The summed E-state index contributed by atoms with van der Waals surface area (Å²) in [5.74, 6) is 1.48. The standard InChI is InChI=1S/C14H22N4O2/c1-19-14-10-15-9-13(16-14)18-6-4-17(5-7-18)11-12-3-2-8-20-12/h9-10,12H,2-8,11H2,1H3/t12-/m1/s1. The highest BCUT2D eigenvalue weighted by Crippen LogP contribution is 2.18. The Kier molecular flexibility index (Phi) is 4.32. The van der Waals surface area contributed by atoms with Gasteiger partial charge >= 0.3 is 0 Å². The Hall–Kier alpha value is -1.40. The monoisotopic (exact) mass is 278 g/mol. The van der Waals surface area contributed by atoms with Crippen LogP contribution in [-0.2, 0) is 4.74 Å². The average molecular weight is 278 g/mol. The number of hydrogen-bond acceptors (Lipinski definition) is 6. The van der Waals surface area contributed by atoms with Crippen LogP contribution in [0.3, 0.4) is 0 Å². The minimum atomic E-state index is 0.443. The fraction of sp³-hybridized carbons (Fsp3) is 0.714. The largest absolute Gasteiger partial charge is 0.480 e. The molecule has 110 valence electrons. The molecule has 1 atom stereocenters. The van der Waals surface area contributed by atoms with Crippen molar-refractivity contribution in [3.63, 3.8) is 0 Å². The van der Waals surface area contributed by atoms with Crippen molar-refractivity contribution < 1.29 is 9.47 Å². The topological polar surface area (TPSA) is 50.7 Å². The first-order valence-corrected chi connectivity index (χ1v) is 7.30. The molecule has 2 fully saturated rings. The molecule has 0 saturated carbocycles. The highest BCUT2D eigenvalue weighted by atomic mass is 16.5. The van der Waals surface area contributed by atoms with Gasteiger partial charge in [-0.2, -0.15) is 4.98 Å². The second-order valence-electron chi connectivity index (χ2n) is 5.34. The first kappa shape index (κ1) is 13.6. The molecule has 6 heteroatoms. The molecule has 1 aromatic rings. The lowest BCUT2D eigenvalue weighted by Gasteiger charge is -2.36. The molecular weight excluding hydrogens is 256 g/mol. The van der Waals surface area contributed by atoms with Gasteiger partial charge in [-0.1, -0.05) is 0 Å². The minimum Gasteiger partial charge on any atom is -0.480 e. The van der Waals surface area contributed by atoms with Gasteiger partial charge in [0.25, 0.3) is 0 Å². The van der Waals surface area contributed by atoms with E-state index in [9.17, 15) is 0 Å². The molecular formula is C14H22N4O2. The van der Waals surface area contributed by atoms with Gasteiger partial charge in [-0.05, 0) is 12.8 Å². The number of anilines is 1. The summed E-state index contributed by atoms with van der Waals surface area (Å²) < 4.78 is 10.8. The maximum atomic E-state index is 5.70. The van der Waals surface area contributed by atoms with Crippen LogP contribution in [0.4, 0.5) is 5.82 Å². The molecule has 0 N–H and O–H groups in total. The van der Waals surface area contributed by atoms with E-state index in [1.54, 1.807) is 19.5 Å². The lowest BCUT2D eigenvalue weighted by molar-refractivity contribution is 0.0712. The summed E-state index contributed by atoms with van der Waals surface area (Å²) in [5, 5.41) is 0. The molecule has 0 spiro atoms. The predicted molar refractivity (Wildman–Crippen MR) is 76.2 cm³/mol. The molecule has 6 nitrogen and oxygen atoms in total. The molecule has 0 bridgehead atoms. The van der Waals surface area contributed by atoms with E-state index >= 15 is 0 Å². The van der Waals surface area contributed by atoms with Crippen molar-refractivity contribution in [3.05, 3.63) is 12.4 Å². The third-order valence-corrected chi connectivity index (χ3v) is 3.99. The first-order chi connectivity index (χ1) is 9.85. The number of piperazine rings is 1. The van der Waals surface area contributed by atoms with Crippen molar-refractivity contribution in [3.8, 4) is 5.88 Å². The molecule has 2 aliphatic rings. The van der Waals surface area contributed by atoms with E-state index in [0.717, 1.165) is 45.1 Å². The van der Waals surface area contributed by atoms with Crippen molar-refractivity contribution in [1.29, 1.82) is 0 Å². The van der Waals surface area contributed by atoms with Crippen LogP contribution in [0.15, 0.2) is 12.4 Å². The van der Waals surface area contributed by atoms with Gasteiger partial charge in [-0.15, -0.1) is 0 Å². The zero-order valence-corrected chi connectivity index (χ0v) is 12.0. The second-order valence-corrected chi connectivity index (χ2v) is 5.34. The quantitative estimate of drug-likeness (QED) is 0.811. The van der Waals surface area contributed by atoms with Crippen LogP contribution in [0.1, 0.15) is 12.8 Å². The van der Waals surface area contributed by atoms with Crippen LogP contribution >= 0.6 is 0 Å². The van der Waals surface area contributed by atoms with E-state index in [2.05, 4.69) is 19.8 Å². The summed E-state index contributed by atoms with van der Waals surface area (Å²) in [6, 6.07) is 0. The van der Waals surface area contributed by atoms with E-state index < -0.39 is 0 Å². The number of methoxy groups -OCH3 is 1. The summed E-state index contributed by atoms with van der Waals surface area (Å²) in [7, 11) is 1.62. The van der Waals surface area contributed by atoms with E-state index in [0.29, 0.717) is 12.0 Å². The molecule has 0 unspecified atom stereocenters.